The lowest BCUT2D eigenvalue weighted by Gasteiger charge is -2.27. The maximum atomic E-state index is 12.4. The van der Waals surface area contributed by atoms with Gasteiger partial charge in [-0.05, 0) is 44.4 Å². The highest BCUT2D eigenvalue weighted by Gasteiger charge is 2.25. The lowest BCUT2D eigenvalue weighted by Crippen LogP contribution is -2.41. The molecule has 1 aromatic rings. The number of urea groups is 1. The van der Waals surface area contributed by atoms with E-state index in [1.165, 1.54) is 12.8 Å². The smallest absolute Gasteiger partial charge is 0.322 e. The molecule has 0 aromatic heterocycles. The molecule has 20 heavy (non-hydrogen) atoms. The number of carbonyl (C=O) groups excluding carboxylic acids is 1. The zero-order chi connectivity index (χ0) is 14.5. The summed E-state index contributed by atoms with van der Waals surface area (Å²) < 4.78 is 0. The first kappa shape index (κ1) is 14.9. The molecular formula is C16H24N2O2. The second-order valence-electron chi connectivity index (χ2n) is 5.46. The highest BCUT2D eigenvalue weighted by molar-refractivity contribution is 5.89. The van der Waals surface area contributed by atoms with Crippen LogP contribution in [0.2, 0.25) is 0 Å². The van der Waals surface area contributed by atoms with Gasteiger partial charge in [-0.25, -0.2) is 4.79 Å². The van der Waals surface area contributed by atoms with Gasteiger partial charge in [0, 0.05) is 18.3 Å². The molecule has 1 unspecified atom stereocenters. The van der Waals surface area contributed by atoms with Crippen molar-refractivity contribution in [2.75, 3.05) is 11.9 Å². The van der Waals surface area contributed by atoms with Crippen LogP contribution in [0.4, 0.5) is 10.5 Å². The summed E-state index contributed by atoms with van der Waals surface area (Å²) in [5, 5.41) is 12.5. The molecule has 0 saturated heterocycles. The first-order chi connectivity index (χ1) is 9.61. The average Bonchev–Trinajstić information content (AvgIpc) is 2.93. The maximum absolute atomic E-state index is 12.4. The molecule has 0 spiro atoms. The van der Waals surface area contributed by atoms with Crippen LogP contribution in [0.3, 0.4) is 0 Å². The van der Waals surface area contributed by atoms with Gasteiger partial charge in [0.25, 0.3) is 0 Å². The third-order valence-corrected chi connectivity index (χ3v) is 3.99. The van der Waals surface area contributed by atoms with Crippen molar-refractivity contribution in [3.63, 3.8) is 0 Å². The van der Waals surface area contributed by atoms with Gasteiger partial charge in [-0.15, -0.1) is 0 Å². The van der Waals surface area contributed by atoms with Crippen LogP contribution in [0.1, 0.15) is 51.2 Å². The third kappa shape index (κ3) is 3.51. The number of aliphatic hydroxyl groups excluding tert-OH is 1. The van der Waals surface area contributed by atoms with Gasteiger partial charge in [0.1, 0.15) is 0 Å². The predicted molar refractivity (Wildman–Crippen MR) is 80.7 cm³/mol. The molecule has 0 radical (unpaired) electrons. The van der Waals surface area contributed by atoms with E-state index >= 15 is 0 Å². The summed E-state index contributed by atoms with van der Waals surface area (Å²) in [6.45, 7) is 4.47. The molecule has 4 nitrogen and oxygen atoms in total. The molecular weight excluding hydrogens is 252 g/mol. The fraction of sp³-hybridized carbons (Fsp3) is 0.562. The molecule has 110 valence electrons. The fourth-order valence-corrected chi connectivity index (χ4v) is 2.86. The Bertz CT molecular complexity index is 454. The summed E-state index contributed by atoms with van der Waals surface area (Å²) in [5.41, 5.74) is 1.55. The summed E-state index contributed by atoms with van der Waals surface area (Å²) in [7, 11) is 0. The van der Waals surface area contributed by atoms with Crippen molar-refractivity contribution >= 4 is 11.7 Å². The van der Waals surface area contributed by atoms with Crippen LogP contribution in [0.25, 0.3) is 0 Å². The zero-order valence-electron chi connectivity index (χ0n) is 12.3. The van der Waals surface area contributed by atoms with E-state index in [1.54, 1.807) is 6.92 Å². The topological polar surface area (TPSA) is 52.6 Å². The van der Waals surface area contributed by atoms with Crippen molar-refractivity contribution in [2.24, 2.45) is 0 Å². The Hall–Kier alpha value is -1.55. The Morgan fingerprint density at radius 3 is 2.75 bits per heavy atom. The van der Waals surface area contributed by atoms with E-state index in [4.69, 9.17) is 0 Å². The molecule has 0 aliphatic heterocycles. The molecule has 1 aromatic carbocycles. The van der Waals surface area contributed by atoms with Crippen LogP contribution in [0.15, 0.2) is 24.3 Å². The van der Waals surface area contributed by atoms with Crippen molar-refractivity contribution in [3.8, 4) is 0 Å². The number of carbonyl (C=O) groups is 1. The first-order valence-corrected chi connectivity index (χ1v) is 7.47. The fourth-order valence-electron chi connectivity index (χ4n) is 2.86. The van der Waals surface area contributed by atoms with E-state index in [-0.39, 0.29) is 6.03 Å². The summed E-state index contributed by atoms with van der Waals surface area (Å²) in [6, 6.07) is 7.72. The van der Waals surface area contributed by atoms with Crippen molar-refractivity contribution in [2.45, 2.75) is 51.7 Å². The van der Waals surface area contributed by atoms with Crippen molar-refractivity contribution < 1.29 is 9.90 Å². The van der Waals surface area contributed by atoms with Crippen LogP contribution < -0.4 is 5.32 Å². The highest BCUT2D eigenvalue weighted by Crippen LogP contribution is 2.24. The van der Waals surface area contributed by atoms with Crippen molar-refractivity contribution in [1.29, 1.82) is 0 Å². The monoisotopic (exact) mass is 276 g/mol. The minimum atomic E-state index is -0.524. The van der Waals surface area contributed by atoms with Crippen LogP contribution in [0.5, 0.6) is 0 Å². The van der Waals surface area contributed by atoms with Gasteiger partial charge in [0.2, 0.25) is 0 Å². The molecule has 0 heterocycles. The molecule has 2 rings (SSSR count). The quantitative estimate of drug-likeness (QED) is 0.883. The summed E-state index contributed by atoms with van der Waals surface area (Å²) in [5.74, 6) is 0. The summed E-state index contributed by atoms with van der Waals surface area (Å²) >= 11 is 0. The van der Waals surface area contributed by atoms with E-state index in [9.17, 15) is 9.90 Å². The number of rotatable bonds is 4. The van der Waals surface area contributed by atoms with E-state index in [0.717, 1.165) is 30.6 Å². The largest absolute Gasteiger partial charge is 0.389 e. The lowest BCUT2D eigenvalue weighted by atomic mass is 10.1. The number of nitrogens with one attached hydrogen (secondary N) is 1. The Labute approximate surface area is 120 Å². The van der Waals surface area contributed by atoms with E-state index in [2.05, 4.69) is 5.32 Å². The maximum Gasteiger partial charge on any atom is 0.322 e. The molecule has 1 fully saturated rings. The minimum Gasteiger partial charge on any atom is -0.389 e. The highest BCUT2D eigenvalue weighted by atomic mass is 16.3. The number of nitrogens with zero attached hydrogens (tertiary/aromatic N) is 1. The number of anilines is 1. The number of hydrogen-bond acceptors (Lipinski definition) is 2. The lowest BCUT2D eigenvalue weighted by molar-refractivity contribution is 0.192. The Balaban J connectivity index is 2.04. The summed E-state index contributed by atoms with van der Waals surface area (Å²) in [6.07, 6.45) is 4.12. The number of aliphatic hydroxyl groups is 1. The Morgan fingerprint density at radius 1 is 1.45 bits per heavy atom. The SMILES string of the molecule is CCN(C(=O)Nc1cccc(C(C)O)c1)C1CCCC1. The normalized spacial score (nSPS) is 16.9. The van der Waals surface area contributed by atoms with Gasteiger partial charge in [-0.2, -0.15) is 0 Å². The van der Waals surface area contributed by atoms with Crippen LogP contribution in [0, 0.1) is 0 Å². The van der Waals surface area contributed by atoms with Crippen molar-refractivity contribution in [1.82, 2.24) is 4.90 Å². The van der Waals surface area contributed by atoms with Crippen LogP contribution in [-0.2, 0) is 0 Å². The van der Waals surface area contributed by atoms with Crippen molar-refractivity contribution in [3.05, 3.63) is 29.8 Å². The molecule has 0 bridgehead atoms. The standard InChI is InChI=1S/C16H24N2O2/c1-3-18(15-9-4-5-10-15)16(20)17-14-8-6-7-13(11-14)12(2)19/h6-8,11-12,15,19H,3-5,9-10H2,1-2H3,(H,17,20). The van der Waals surface area contributed by atoms with Gasteiger partial charge in [-0.3, -0.25) is 0 Å². The van der Waals surface area contributed by atoms with Gasteiger partial charge in [0.15, 0.2) is 0 Å². The second-order valence-corrected chi connectivity index (χ2v) is 5.46. The van der Waals surface area contributed by atoms with Gasteiger partial charge >= 0.3 is 6.03 Å². The Kier molecular flexibility index (Phi) is 5.01. The number of benzene rings is 1. The van der Waals surface area contributed by atoms with Gasteiger partial charge in [-0.1, -0.05) is 25.0 Å². The van der Waals surface area contributed by atoms with Gasteiger partial charge in [0.05, 0.1) is 6.10 Å². The molecule has 2 N–H and O–H groups in total. The number of amides is 2. The van der Waals surface area contributed by atoms with Crippen LogP contribution >= 0.6 is 0 Å². The number of hydrogen-bond donors (Lipinski definition) is 2. The minimum absolute atomic E-state index is 0.0397. The molecule has 4 heteroatoms. The Morgan fingerprint density at radius 2 is 2.15 bits per heavy atom. The van der Waals surface area contributed by atoms with Crippen LogP contribution in [-0.4, -0.2) is 28.6 Å². The molecule has 1 saturated carbocycles. The molecule has 1 aliphatic carbocycles. The third-order valence-electron chi connectivity index (χ3n) is 3.99. The van der Waals surface area contributed by atoms with E-state index < -0.39 is 6.10 Å². The summed E-state index contributed by atoms with van der Waals surface area (Å²) in [4.78, 5) is 14.3. The predicted octanol–water partition coefficient (Wildman–Crippen LogP) is 3.54. The van der Waals surface area contributed by atoms with E-state index in [0.29, 0.717) is 6.04 Å². The average molecular weight is 276 g/mol. The first-order valence-electron chi connectivity index (χ1n) is 7.47. The zero-order valence-corrected chi connectivity index (χ0v) is 12.3. The molecule has 2 amide bonds. The molecule has 1 atom stereocenters. The second kappa shape index (κ2) is 6.75. The molecule has 1 aliphatic rings. The van der Waals surface area contributed by atoms with E-state index in [1.807, 2.05) is 36.1 Å². The van der Waals surface area contributed by atoms with Gasteiger partial charge < -0.3 is 15.3 Å².